The number of pyridine rings is 6. The van der Waals surface area contributed by atoms with Crippen molar-refractivity contribution < 1.29 is 101 Å². The molecule has 10 aromatic rings. The molecule has 0 spiro atoms. The number of anilines is 10. The van der Waals surface area contributed by atoms with Crippen molar-refractivity contribution in [3.05, 3.63) is 295 Å². The van der Waals surface area contributed by atoms with E-state index < -0.39 is 47.6 Å². The van der Waals surface area contributed by atoms with Crippen molar-refractivity contribution in [3.8, 4) is 56.5 Å². The summed E-state index contributed by atoms with van der Waals surface area (Å²) in [6.07, 6.45) is 16.0. The van der Waals surface area contributed by atoms with Crippen LogP contribution < -0.4 is 43.9 Å². The summed E-state index contributed by atoms with van der Waals surface area (Å²) in [5.74, 6) is -7.51. The molecule has 0 aliphatic carbocycles. The average molecular weight is 1850 g/mol. The van der Waals surface area contributed by atoms with E-state index in [2.05, 4.69) is 174 Å². The first kappa shape index (κ1) is 74.7. The molecular formula is C74H50F8IrN18OPtRh-10. The Kier molecular flexibility index (Phi) is 22.7. The van der Waals surface area contributed by atoms with E-state index in [0.29, 0.717) is 22.9 Å². The minimum atomic E-state index is -1.09. The zero-order valence-electron chi connectivity index (χ0n) is 54.9. The molecule has 0 fully saturated rings. The van der Waals surface area contributed by atoms with Gasteiger partial charge in [-0.05, 0) is 139 Å². The number of fused-ring (bicyclic) bond motifs is 2. The van der Waals surface area contributed by atoms with Crippen molar-refractivity contribution in [3.63, 3.8) is 0 Å². The number of halogens is 8. The van der Waals surface area contributed by atoms with Crippen molar-refractivity contribution in [2.24, 2.45) is 0 Å². The van der Waals surface area contributed by atoms with Gasteiger partial charge in [-0.1, -0.05) is 119 Å². The van der Waals surface area contributed by atoms with Gasteiger partial charge in [0, 0.05) is 62.3 Å². The summed E-state index contributed by atoms with van der Waals surface area (Å²) >= 11 is 0. The van der Waals surface area contributed by atoms with Crippen LogP contribution in [0.15, 0.2) is 159 Å². The predicted molar refractivity (Wildman–Crippen MR) is 362 cm³/mol. The quantitative estimate of drug-likeness (QED) is 0.0498. The summed E-state index contributed by atoms with van der Waals surface area (Å²) < 4.78 is 113. The first-order valence-corrected chi connectivity index (χ1v) is 30.5. The Morgan fingerprint density at radius 1 is 0.327 bits per heavy atom. The molecule has 16 rings (SSSR count). The molecule has 0 bridgehead atoms. The minimum absolute atomic E-state index is 0. The third-order valence-electron chi connectivity index (χ3n) is 15.7. The number of benzene rings is 4. The zero-order valence-corrected chi connectivity index (χ0v) is 61.2. The van der Waals surface area contributed by atoms with Gasteiger partial charge in [-0.2, -0.15) is 74.1 Å². The van der Waals surface area contributed by atoms with Gasteiger partial charge in [0.25, 0.3) is 0 Å². The number of hydrogen-bond acceptors (Lipinski definition) is 19. The van der Waals surface area contributed by atoms with Crippen LogP contribution in [0.4, 0.5) is 92.0 Å². The Morgan fingerprint density at radius 3 is 0.875 bits per heavy atom. The molecule has 19 nitrogen and oxygen atoms in total. The maximum absolute atomic E-state index is 13.6. The van der Waals surface area contributed by atoms with Gasteiger partial charge in [-0.15, -0.1) is 24.3 Å². The average Bonchev–Trinajstić information content (AvgIpc) is 1.53. The maximum Gasteiger partial charge on any atom is 4.00 e. The fourth-order valence-electron chi connectivity index (χ4n) is 11.1. The number of para-hydroxylation sites is 4. The van der Waals surface area contributed by atoms with Gasteiger partial charge in [0.2, 0.25) is 0 Å². The molecule has 2 radical (unpaired) electrons. The van der Waals surface area contributed by atoms with E-state index in [9.17, 15) is 35.1 Å². The van der Waals surface area contributed by atoms with Crippen LogP contribution in [0.5, 0.6) is 11.5 Å². The molecule has 6 aliphatic heterocycles. The van der Waals surface area contributed by atoms with Crippen LogP contribution in [-0.2, 0) is 60.6 Å². The summed E-state index contributed by atoms with van der Waals surface area (Å²) in [5.41, 5.74) is 8.33. The molecule has 4 aromatic carbocycles. The summed E-state index contributed by atoms with van der Waals surface area (Å²) in [4.78, 5) is 44.8. The summed E-state index contributed by atoms with van der Waals surface area (Å²) in [6, 6.07) is 53.3. The van der Waals surface area contributed by atoms with Crippen LogP contribution in [0.2, 0.25) is 0 Å². The van der Waals surface area contributed by atoms with Crippen LogP contribution in [0.3, 0.4) is 0 Å². The smallest absolute Gasteiger partial charge is 0.620 e. The monoisotopic (exact) mass is 1850 g/mol. The van der Waals surface area contributed by atoms with Crippen LogP contribution in [0.25, 0.3) is 45.0 Å². The van der Waals surface area contributed by atoms with Crippen molar-refractivity contribution >= 4 is 56.9 Å². The maximum atomic E-state index is 13.6. The molecule has 0 saturated carbocycles. The third-order valence-corrected chi connectivity index (χ3v) is 15.7. The molecule has 0 saturated heterocycles. The van der Waals surface area contributed by atoms with Gasteiger partial charge in [-0.3, -0.25) is 44.2 Å². The molecule has 0 unspecified atom stereocenters. The van der Waals surface area contributed by atoms with E-state index in [4.69, 9.17) is 4.74 Å². The van der Waals surface area contributed by atoms with Gasteiger partial charge >= 0.3 is 21.1 Å². The Hall–Kier alpha value is -10.5. The predicted octanol–water partition coefficient (Wildman–Crippen LogP) is 14.2. The van der Waals surface area contributed by atoms with E-state index >= 15 is 0 Å². The van der Waals surface area contributed by atoms with Gasteiger partial charge in [-0.25, -0.2) is 35.1 Å². The molecule has 12 heterocycles. The second-order valence-corrected chi connectivity index (χ2v) is 22.8. The van der Waals surface area contributed by atoms with E-state index in [1.807, 2.05) is 144 Å². The number of aromatic nitrogens is 6. The van der Waals surface area contributed by atoms with Crippen LogP contribution >= 0.6 is 0 Å². The molecular weight excluding hydrogens is 1800 g/mol. The van der Waals surface area contributed by atoms with E-state index in [1.165, 1.54) is 36.4 Å². The SMILES string of the molecule is CN1C=CN(c2[c-]c(N3[CH-]N(C)c4ccccc43)c(N3C=CN(C)[CH-]3)[c-]c2Oc2[c-]c(N3C=CN(C)[CH-]3)c(N3[CH-]N(C)c4ccccc43)[c-]c2N2C=CN(C)[CH-]2)[CH-]1.Fc1c[c-]c(-c2cccc(-c3[c-]cc(F)nc3F)n2)c(F)n1.Fc1c[c-]c(-c2cccc(-c3[c-]cc(F)nc3F)n2)c(F)n1.[Ir].[Pt+4].[Rh]. The fraction of sp³-hybridized carbons (Fsp3) is 0.0811. The van der Waals surface area contributed by atoms with Gasteiger partial charge in [0.1, 0.15) is 47.6 Å². The number of hydrogen-bond donors (Lipinski definition) is 0. The molecule has 536 valence electrons. The fourth-order valence-corrected chi connectivity index (χ4v) is 11.1. The normalized spacial score (nSPS) is 14.6. The summed E-state index contributed by atoms with van der Waals surface area (Å²) in [7, 11) is 12.1. The Balaban J connectivity index is 0.000000189. The standard InChI is InChI=1S/C44H40N12O.2C15H5F4N3.Ir.Pt.Rh/c1-45-15-19-51(27-45)37-25-43(41(53-21-17-47(3)29-53)23-39(37)55-31-49(5)33-11-7-9-13-35(33)55)57-44-26-38(52-20-16-46(2)28-52)40(24-42(44)54-22-18-48(4)30-54)56-32-50(6)34-12-8-10-14-36(34)56;2*16-12-6-4-8(14(18)21-12)10-2-1-3-11(20-10)9-5-7-13(17)22-15(9)19;;;/h7-22,27-32H,1-6H3;2*1-3,6-7H;;;/q-10;2*-2;;+4;. The van der Waals surface area contributed by atoms with Gasteiger partial charge in [0.15, 0.2) is 0 Å². The first-order chi connectivity index (χ1) is 48.8. The Bertz CT molecular complexity index is 4530. The first-order valence-electron chi connectivity index (χ1n) is 30.5. The molecule has 0 amide bonds. The van der Waals surface area contributed by atoms with Crippen molar-refractivity contribution in [2.75, 3.05) is 81.5 Å². The van der Waals surface area contributed by atoms with Gasteiger partial charge in [0.05, 0.1) is 0 Å². The van der Waals surface area contributed by atoms with Crippen molar-refractivity contribution in [1.82, 2.24) is 49.5 Å². The van der Waals surface area contributed by atoms with E-state index in [-0.39, 0.29) is 106 Å². The topological polar surface area (TPSA) is 125 Å². The largest absolute Gasteiger partial charge is 4.00 e. The molecule has 6 aliphatic rings. The molecule has 0 N–H and O–H groups in total. The third kappa shape index (κ3) is 15.6. The minimum Gasteiger partial charge on any atom is -0.620 e. The summed E-state index contributed by atoms with van der Waals surface area (Å²) in [5, 5.41) is 0. The second-order valence-electron chi connectivity index (χ2n) is 22.8. The van der Waals surface area contributed by atoms with Crippen LogP contribution in [-0.4, -0.2) is 91.8 Å². The summed E-state index contributed by atoms with van der Waals surface area (Å²) in [6.45, 7) is 12.2. The van der Waals surface area contributed by atoms with Gasteiger partial charge < -0.3 is 73.5 Å². The Labute approximate surface area is 635 Å². The number of rotatable bonds is 12. The number of ether oxygens (including phenoxy) is 1. The zero-order chi connectivity index (χ0) is 70.3. The molecule has 6 aromatic heterocycles. The van der Waals surface area contributed by atoms with Crippen LogP contribution in [0.1, 0.15) is 0 Å². The van der Waals surface area contributed by atoms with Crippen LogP contribution in [0, 0.1) is 136 Å². The molecule has 0 atom stereocenters. The van der Waals surface area contributed by atoms with E-state index in [0.717, 1.165) is 69.8 Å². The second kappa shape index (κ2) is 31.6. The van der Waals surface area contributed by atoms with Crippen molar-refractivity contribution in [1.29, 1.82) is 0 Å². The molecule has 30 heteroatoms. The van der Waals surface area contributed by atoms with Crippen molar-refractivity contribution in [2.45, 2.75) is 0 Å². The van der Waals surface area contributed by atoms with E-state index in [1.54, 1.807) is 0 Å². The molecule has 104 heavy (non-hydrogen) atoms. The number of nitrogens with zero attached hydrogens (tertiary/aromatic N) is 18. The Morgan fingerprint density at radius 2 is 0.606 bits per heavy atom.